The van der Waals surface area contributed by atoms with Crippen LogP contribution >= 0.6 is 32.1 Å². The average Bonchev–Trinajstić information content (AvgIpc) is 2.31. The van der Waals surface area contributed by atoms with E-state index in [1.165, 1.54) is 0 Å². The van der Waals surface area contributed by atoms with Crippen LogP contribution in [0, 0.1) is 0 Å². The Hall–Kier alpha value is 0.170. The van der Waals surface area contributed by atoms with Crippen LogP contribution in [0.15, 0.2) is 12.4 Å². The van der Waals surface area contributed by atoms with E-state index in [-0.39, 0.29) is 0 Å². The maximum atomic E-state index is 4.15. The van der Waals surface area contributed by atoms with Gasteiger partial charge in [-0.25, -0.2) is 4.98 Å². The second kappa shape index (κ2) is 4.13. The molecule has 0 unspecified atom stereocenters. The lowest BCUT2D eigenvalue weighted by molar-refractivity contribution is 0.858. The van der Waals surface area contributed by atoms with E-state index >= 15 is 0 Å². The first-order valence-electron chi connectivity index (χ1n) is 3.09. The molecule has 0 N–H and O–H groups in total. The van der Waals surface area contributed by atoms with Crippen LogP contribution in [0.1, 0.15) is 12.2 Å². The minimum Gasteiger partial charge on any atom is -0.270 e. The summed E-state index contributed by atoms with van der Waals surface area (Å²) in [5, 5.41) is 1.03. The largest absolute Gasteiger partial charge is 0.270 e. The van der Waals surface area contributed by atoms with Crippen molar-refractivity contribution in [3.8, 4) is 0 Å². The van der Waals surface area contributed by atoms with Gasteiger partial charge in [-0.3, -0.25) is 3.59 Å². The molecule has 0 bridgehead atoms. The molecule has 0 aliphatic heterocycles. The summed E-state index contributed by atoms with van der Waals surface area (Å²) in [5.74, 6) is 1.08. The van der Waals surface area contributed by atoms with Crippen LogP contribution < -0.4 is 0 Å². The predicted molar refractivity (Wildman–Crippen MR) is 48.7 cm³/mol. The van der Waals surface area contributed by atoms with Crippen molar-refractivity contribution >= 4 is 32.1 Å². The van der Waals surface area contributed by atoms with E-state index in [1.54, 1.807) is 6.20 Å². The molecule has 0 amide bonds. The maximum Gasteiger partial charge on any atom is 0.118 e. The van der Waals surface area contributed by atoms with E-state index < -0.39 is 0 Å². The van der Waals surface area contributed by atoms with Crippen molar-refractivity contribution in [2.45, 2.75) is 12.8 Å². The van der Waals surface area contributed by atoms with Crippen LogP contribution in [-0.4, -0.2) is 13.9 Å². The summed E-state index contributed by atoms with van der Waals surface area (Å²) in [6.07, 6.45) is 5.83. The lowest BCUT2D eigenvalue weighted by Crippen LogP contribution is -1.92. The number of alkyl halides is 1. The van der Waals surface area contributed by atoms with Gasteiger partial charge in [-0.05, 0) is 6.42 Å². The van der Waals surface area contributed by atoms with Gasteiger partial charge in [0.15, 0.2) is 0 Å². The van der Waals surface area contributed by atoms with Gasteiger partial charge in [0.25, 0.3) is 0 Å². The third-order valence-electron chi connectivity index (χ3n) is 1.20. The Kier molecular flexibility index (Phi) is 3.42. The van der Waals surface area contributed by atoms with Gasteiger partial charge in [0.1, 0.15) is 5.82 Å². The van der Waals surface area contributed by atoms with E-state index in [4.69, 9.17) is 0 Å². The molecule has 0 saturated heterocycles. The molecule has 0 saturated carbocycles. The highest BCUT2D eigenvalue weighted by Gasteiger charge is 1.97. The van der Waals surface area contributed by atoms with E-state index in [0.717, 1.165) is 24.0 Å². The van der Waals surface area contributed by atoms with Crippen LogP contribution in [0.5, 0.6) is 0 Å². The summed E-state index contributed by atoms with van der Waals surface area (Å²) in [4.78, 5) is 4.15. The van der Waals surface area contributed by atoms with Crippen LogP contribution in [0.4, 0.5) is 0 Å². The molecule has 1 rings (SSSR count). The summed E-state index contributed by atoms with van der Waals surface area (Å²) in [7, 11) is 0. The van der Waals surface area contributed by atoms with Crippen LogP contribution in [0.2, 0.25) is 0 Å². The first kappa shape index (κ1) is 8.27. The third kappa shape index (κ3) is 2.09. The standard InChI is InChI=1S/C6H8Br2N2/c7-3-1-2-6-9-4-5-10(6)8/h4-5H,1-3H2. The molecule has 0 radical (unpaired) electrons. The second-order valence-electron chi connectivity index (χ2n) is 1.95. The Bertz CT molecular complexity index is 197. The van der Waals surface area contributed by atoms with Crippen LogP contribution in [-0.2, 0) is 6.42 Å². The summed E-state index contributed by atoms with van der Waals surface area (Å²) < 4.78 is 1.87. The van der Waals surface area contributed by atoms with Gasteiger partial charge < -0.3 is 0 Å². The fraction of sp³-hybridized carbons (Fsp3) is 0.500. The molecule has 0 atom stereocenters. The second-order valence-corrected chi connectivity index (χ2v) is 3.50. The molecule has 0 fully saturated rings. The third-order valence-corrected chi connectivity index (χ3v) is 2.41. The van der Waals surface area contributed by atoms with Crippen molar-refractivity contribution in [3.63, 3.8) is 0 Å². The van der Waals surface area contributed by atoms with Gasteiger partial charge in [0.05, 0.1) is 16.1 Å². The van der Waals surface area contributed by atoms with Gasteiger partial charge in [-0.2, -0.15) is 0 Å². The van der Waals surface area contributed by atoms with Crippen LogP contribution in [0.25, 0.3) is 0 Å². The SMILES string of the molecule is BrCCCc1nccn1Br. The normalized spacial score (nSPS) is 10.2. The number of nitrogens with zero attached hydrogens (tertiary/aromatic N) is 2. The van der Waals surface area contributed by atoms with Crippen molar-refractivity contribution in [1.82, 2.24) is 8.58 Å². The Balaban J connectivity index is 2.49. The number of hydrogen-bond acceptors (Lipinski definition) is 1. The fourth-order valence-electron chi connectivity index (χ4n) is 0.715. The van der Waals surface area contributed by atoms with Gasteiger partial charge >= 0.3 is 0 Å². The fourth-order valence-corrected chi connectivity index (χ4v) is 1.37. The molecule has 0 aromatic carbocycles. The highest BCUT2D eigenvalue weighted by atomic mass is 79.9. The minimum atomic E-state index is 1.02. The number of hydrogen-bond donors (Lipinski definition) is 0. The summed E-state index contributed by atoms with van der Waals surface area (Å²) in [5.41, 5.74) is 0. The van der Waals surface area contributed by atoms with E-state index in [9.17, 15) is 0 Å². The molecule has 2 nitrogen and oxygen atoms in total. The van der Waals surface area contributed by atoms with E-state index in [0.29, 0.717) is 0 Å². The van der Waals surface area contributed by atoms with Gasteiger partial charge in [-0.1, -0.05) is 15.9 Å². The highest BCUT2D eigenvalue weighted by molar-refractivity contribution is 9.09. The number of halogens is 2. The first-order valence-corrected chi connectivity index (χ1v) is 4.92. The van der Waals surface area contributed by atoms with Crippen molar-refractivity contribution in [2.75, 3.05) is 5.33 Å². The zero-order valence-corrected chi connectivity index (χ0v) is 8.60. The molecule has 0 spiro atoms. The average molecular weight is 268 g/mol. The summed E-state index contributed by atoms with van der Waals surface area (Å²) in [6.45, 7) is 0. The minimum absolute atomic E-state index is 1.02. The number of imidazole rings is 1. The molecule has 1 aromatic heterocycles. The van der Waals surface area contributed by atoms with Gasteiger partial charge in [0, 0.05) is 24.1 Å². The lowest BCUT2D eigenvalue weighted by atomic mass is 10.3. The van der Waals surface area contributed by atoms with E-state index in [1.807, 2.05) is 9.79 Å². The summed E-state index contributed by atoms with van der Waals surface area (Å²) in [6, 6.07) is 0. The Morgan fingerprint density at radius 3 is 2.90 bits per heavy atom. The van der Waals surface area contributed by atoms with Crippen molar-refractivity contribution < 1.29 is 0 Å². The maximum absolute atomic E-state index is 4.15. The highest BCUT2D eigenvalue weighted by Crippen LogP contribution is 2.04. The zero-order chi connectivity index (χ0) is 7.40. The smallest absolute Gasteiger partial charge is 0.118 e. The zero-order valence-electron chi connectivity index (χ0n) is 5.43. The molecule has 1 aromatic rings. The molecule has 56 valence electrons. The Labute approximate surface area is 77.1 Å². The summed E-state index contributed by atoms with van der Waals surface area (Å²) >= 11 is 6.70. The number of rotatable bonds is 3. The predicted octanol–water partition coefficient (Wildman–Crippen LogP) is 2.37. The monoisotopic (exact) mass is 266 g/mol. The van der Waals surface area contributed by atoms with Gasteiger partial charge in [-0.15, -0.1) is 0 Å². The molecule has 10 heavy (non-hydrogen) atoms. The quantitative estimate of drug-likeness (QED) is 0.769. The van der Waals surface area contributed by atoms with Crippen molar-refractivity contribution in [2.24, 2.45) is 0 Å². The molecule has 4 heteroatoms. The number of aryl methyl sites for hydroxylation is 1. The molecule has 0 aliphatic carbocycles. The number of aromatic nitrogens is 2. The lowest BCUT2D eigenvalue weighted by Gasteiger charge is -1.95. The Morgan fingerprint density at radius 2 is 2.40 bits per heavy atom. The van der Waals surface area contributed by atoms with Crippen LogP contribution in [0.3, 0.4) is 0 Å². The Morgan fingerprint density at radius 1 is 1.60 bits per heavy atom. The van der Waals surface area contributed by atoms with Crippen molar-refractivity contribution in [3.05, 3.63) is 18.2 Å². The topological polar surface area (TPSA) is 17.8 Å². The molecular weight excluding hydrogens is 260 g/mol. The molecule has 1 heterocycles. The van der Waals surface area contributed by atoms with Gasteiger partial charge in [0.2, 0.25) is 0 Å². The molecule has 0 aliphatic rings. The van der Waals surface area contributed by atoms with E-state index in [2.05, 4.69) is 37.1 Å². The molecular formula is C6H8Br2N2. The van der Waals surface area contributed by atoms with Crippen molar-refractivity contribution in [1.29, 1.82) is 0 Å². The first-order chi connectivity index (χ1) is 4.84.